The lowest BCUT2D eigenvalue weighted by atomic mass is 10.0. The van der Waals surface area contributed by atoms with E-state index in [2.05, 4.69) is 104 Å². The number of aromatic nitrogens is 3. The molecule has 1 aromatic heterocycles. The fourth-order valence-corrected chi connectivity index (χ4v) is 4.46. The summed E-state index contributed by atoms with van der Waals surface area (Å²) in [6, 6.07) is 45.8. The zero-order valence-electron chi connectivity index (χ0n) is 20.5. The normalized spacial score (nSPS) is 10.8. The van der Waals surface area contributed by atoms with Crippen molar-refractivity contribution in [1.29, 1.82) is 0 Å². The summed E-state index contributed by atoms with van der Waals surface area (Å²) in [6.07, 6.45) is 0. The van der Waals surface area contributed by atoms with Crippen molar-refractivity contribution in [2.45, 2.75) is 6.92 Å². The second kappa shape index (κ2) is 10.00. The number of nitrogens with zero attached hydrogens (tertiary/aromatic N) is 3. The van der Waals surface area contributed by atoms with Gasteiger partial charge in [0, 0.05) is 16.7 Å². The van der Waals surface area contributed by atoms with Gasteiger partial charge in [0.1, 0.15) is 0 Å². The van der Waals surface area contributed by atoms with Crippen molar-refractivity contribution in [3.63, 3.8) is 0 Å². The van der Waals surface area contributed by atoms with E-state index in [0.717, 1.165) is 27.8 Å². The number of hydrogen-bond donors (Lipinski definition) is 0. The van der Waals surface area contributed by atoms with Crippen molar-refractivity contribution >= 4 is 0 Å². The van der Waals surface area contributed by atoms with Gasteiger partial charge in [0.25, 0.3) is 0 Å². The van der Waals surface area contributed by atoms with Crippen LogP contribution in [0.3, 0.4) is 0 Å². The predicted octanol–water partition coefficient (Wildman–Crippen LogP) is 8.52. The van der Waals surface area contributed by atoms with Gasteiger partial charge in [-0.2, -0.15) is 0 Å². The van der Waals surface area contributed by atoms with E-state index in [1.54, 1.807) is 0 Å². The molecule has 0 aliphatic carbocycles. The van der Waals surface area contributed by atoms with Gasteiger partial charge in [-0.3, -0.25) is 0 Å². The molecule has 5 aromatic carbocycles. The summed E-state index contributed by atoms with van der Waals surface area (Å²) >= 11 is 0. The minimum Gasteiger partial charge on any atom is -0.208 e. The molecule has 0 N–H and O–H groups in total. The van der Waals surface area contributed by atoms with Crippen LogP contribution < -0.4 is 0 Å². The Balaban J connectivity index is 1.45. The fourth-order valence-electron chi connectivity index (χ4n) is 4.46. The van der Waals surface area contributed by atoms with Crippen LogP contribution in [0.5, 0.6) is 0 Å². The maximum absolute atomic E-state index is 4.93. The van der Waals surface area contributed by atoms with Crippen molar-refractivity contribution < 1.29 is 0 Å². The van der Waals surface area contributed by atoms with Crippen LogP contribution in [-0.2, 0) is 0 Å². The van der Waals surface area contributed by atoms with Crippen LogP contribution in [0.15, 0.2) is 133 Å². The smallest absolute Gasteiger partial charge is 0.164 e. The SMILES string of the molecule is Cc1cccc(-c2cccc(-c3nc(-c4ccccc4)nc(-c4ccc(-c5ccccc5)cc4)n3)c2)c1. The van der Waals surface area contributed by atoms with Gasteiger partial charge < -0.3 is 0 Å². The third-order valence-corrected chi connectivity index (χ3v) is 6.39. The van der Waals surface area contributed by atoms with Gasteiger partial charge in [0.15, 0.2) is 17.5 Å². The molecule has 0 fully saturated rings. The Morgan fingerprint density at radius 2 is 0.730 bits per heavy atom. The lowest BCUT2D eigenvalue weighted by molar-refractivity contribution is 1.07. The lowest BCUT2D eigenvalue weighted by Gasteiger charge is -2.10. The molecule has 0 aliphatic heterocycles. The van der Waals surface area contributed by atoms with Gasteiger partial charge in [-0.15, -0.1) is 0 Å². The van der Waals surface area contributed by atoms with Gasteiger partial charge in [0.2, 0.25) is 0 Å². The molecule has 1 heterocycles. The molecule has 0 atom stereocenters. The van der Waals surface area contributed by atoms with Crippen LogP contribution >= 0.6 is 0 Å². The number of hydrogen-bond acceptors (Lipinski definition) is 3. The zero-order chi connectivity index (χ0) is 25.0. The minimum atomic E-state index is 0.657. The zero-order valence-corrected chi connectivity index (χ0v) is 20.5. The first-order valence-electron chi connectivity index (χ1n) is 12.4. The number of aryl methyl sites for hydroxylation is 1. The van der Waals surface area contributed by atoms with Crippen LogP contribution in [-0.4, -0.2) is 15.0 Å². The molecule has 0 bridgehead atoms. The highest BCUT2D eigenvalue weighted by atomic mass is 15.0. The summed E-state index contributed by atoms with van der Waals surface area (Å²) in [7, 11) is 0. The maximum Gasteiger partial charge on any atom is 0.164 e. The largest absolute Gasteiger partial charge is 0.208 e. The van der Waals surface area contributed by atoms with Crippen molar-refractivity contribution in [2.75, 3.05) is 0 Å². The van der Waals surface area contributed by atoms with E-state index < -0.39 is 0 Å². The molecule has 0 saturated heterocycles. The lowest BCUT2D eigenvalue weighted by Crippen LogP contribution is -2.00. The highest BCUT2D eigenvalue weighted by Crippen LogP contribution is 2.29. The Hall–Kier alpha value is -4.89. The first-order valence-corrected chi connectivity index (χ1v) is 12.4. The van der Waals surface area contributed by atoms with E-state index >= 15 is 0 Å². The van der Waals surface area contributed by atoms with Gasteiger partial charge in [-0.05, 0) is 35.2 Å². The average Bonchev–Trinajstić information content (AvgIpc) is 2.98. The molecule has 37 heavy (non-hydrogen) atoms. The standard InChI is InChI=1S/C34H25N3/c1-24-10-8-15-29(22-24)30-16-9-17-31(23-30)34-36-32(27-13-6-3-7-14-27)35-33(37-34)28-20-18-26(19-21-28)25-11-4-2-5-12-25/h2-23H,1H3. The fraction of sp³-hybridized carbons (Fsp3) is 0.0294. The molecule has 0 spiro atoms. The summed E-state index contributed by atoms with van der Waals surface area (Å²) in [5, 5.41) is 0. The van der Waals surface area contributed by atoms with Gasteiger partial charge in [-0.1, -0.05) is 133 Å². The Labute approximate surface area is 217 Å². The molecule has 3 nitrogen and oxygen atoms in total. The number of rotatable bonds is 5. The van der Waals surface area contributed by atoms with Crippen LogP contribution in [0, 0.1) is 6.92 Å². The van der Waals surface area contributed by atoms with Gasteiger partial charge >= 0.3 is 0 Å². The quantitative estimate of drug-likeness (QED) is 0.251. The van der Waals surface area contributed by atoms with Crippen LogP contribution in [0.4, 0.5) is 0 Å². The predicted molar refractivity (Wildman–Crippen MR) is 152 cm³/mol. The molecular weight excluding hydrogens is 450 g/mol. The topological polar surface area (TPSA) is 38.7 Å². The highest BCUT2D eigenvalue weighted by molar-refractivity contribution is 5.73. The second-order valence-electron chi connectivity index (χ2n) is 9.07. The Morgan fingerprint density at radius 1 is 0.324 bits per heavy atom. The first kappa shape index (κ1) is 22.6. The minimum absolute atomic E-state index is 0.657. The van der Waals surface area contributed by atoms with E-state index in [0.29, 0.717) is 17.5 Å². The Bertz CT molecular complexity index is 1660. The van der Waals surface area contributed by atoms with Crippen LogP contribution in [0.1, 0.15) is 5.56 Å². The van der Waals surface area contributed by atoms with Crippen molar-refractivity contribution in [3.8, 4) is 56.4 Å². The molecule has 3 heteroatoms. The summed E-state index contributed by atoms with van der Waals surface area (Å²) in [4.78, 5) is 14.7. The molecule has 6 rings (SSSR count). The monoisotopic (exact) mass is 475 g/mol. The molecule has 0 unspecified atom stereocenters. The highest BCUT2D eigenvalue weighted by Gasteiger charge is 2.13. The Kier molecular flexibility index (Phi) is 6.10. The third-order valence-electron chi connectivity index (χ3n) is 6.39. The number of benzene rings is 5. The molecule has 0 amide bonds. The molecule has 0 aliphatic rings. The van der Waals surface area contributed by atoms with Crippen LogP contribution in [0.2, 0.25) is 0 Å². The van der Waals surface area contributed by atoms with Crippen molar-refractivity contribution in [1.82, 2.24) is 15.0 Å². The van der Waals surface area contributed by atoms with E-state index in [1.165, 1.54) is 16.7 Å². The van der Waals surface area contributed by atoms with Gasteiger partial charge in [0.05, 0.1) is 0 Å². The average molecular weight is 476 g/mol. The first-order chi connectivity index (χ1) is 18.2. The Morgan fingerprint density at radius 3 is 1.35 bits per heavy atom. The van der Waals surface area contributed by atoms with Crippen molar-refractivity contribution in [2.24, 2.45) is 0 Å². The van der Waals surface area contributed by atoms with E-state index in [4.69, 9.17) is 15.0 Å². The van der Waals surface area contributed by atoms with E-state index in [1.807, 2.05) is 36.4 Å². The van der Waals surface area contributed by atoms with E-state index in [9.17, 15) is 0 Å². The molecule has 6 aromatic rings. The molecule has 0 radical (unpaired) electrons. The maximum atomic E-state index is 4.93. The van der Waals surface area contributed by atoms with Crippen molar-refractivity contribution in [3.05, 3.63) is 139 Å². The summed E-state index contributed by atoms with van der Waals surface area (Å²) in [5.41, 5.74) is 8.76. The van der Waals surface area contributed by atoms with Gasteiger partial charge in [-0.25, -0.2) is 15.0 Å². The molecule has 0 saturated carbocycles. The summed E-state index contributed by atoms with van der Waals surface area (Å²) in [6.45, 7) is 2.11. The van der Waals surface area contributed by atoms with E-state index in [-0.39, 0.29) is 0 Å². The second-order valence-corrected chi connectivity index (χ2v) is 9.07. The third kappa shape index (κ3) is 4.93. The molecular formula is C34H25N3. The summed E-state index contributed by atoms with van der Waals surface area (Å²) in [5.74, 6) is 1.98. The molecule has 176 valence electrons. The summed E-state index contributed by atoms with van der Waals surface area (Å²) < 4.78 is 0. The van der Waals surface area contributed by atoms with Crippen LogP contribution in [0.25, 0.3) is 56.4 Å².